The number of hydrogen-bond donors (Lipinski definition) is 1. The van der Waals surface area contributed by atoms with E-state index in [4.69, 9.17) is 4.98 Å². The minimum absolute atomic E-state index is 0.130. The number of carbonyl (C=O) groups is 1. The van der Waals surface area contributed by atoms with Crippen molar-refractivity contribution in [2.24, 2.45) is 7.05 Å². The molecule has 3 aromatic rings. The number of rotatable bonds is 6. The second kappa shape index (κ2) is 10.2. The summed E-state index contributed by atoms with van der Waals surface area (Å²) >= 11 is 1.73. The van der Waals surface area contributed by atoms with E-state index in [9.17, 15) is 4.79 Å². The summed E-state index contributed by atoms with van der Waals surface area (Å²) < 4.78 is 1.94. The molecule has 0 radical (unpaired) electrons. The van der Waals surface area contributed by atoms with E-state index in [1.807, 2.05) is 22.7 Å². The smallest absolute Gasteiger partial charge is 0.274 e. The van der Waals surface area contributed by atoms with E-state index in [0.29, 0.717) is 11.7 Å². The number of nitrogens with zero attached hydrogens (tertiary/aromatic N) is 4. The number of likely N-dealkylation sites (tertiary alicyclic amines) is 1. The highest BCUT2D eigenvalue weighted by atomic mass is 32.1. The molecule has 0 spiro atoms. The van der Waals surface area contributed by atoms with E-state index in [-0.39, 0.29) is 5.91 Å². The van der Waals surface area contributed by atoms with Gasteiger partial charge in [-0.1, -0.05) is 43.2 Å². The van der Waals surface area contributed by atoms with Crippen molar-refractivity contribution in [2.75, 3.05) is 19.6 Å². The fourth-order valence-electron chi connectivity index (χ4n) is 5.11. The van der Waals surface area contributed by atoms with Crippen LogP contribution in [0.15, 0.2) is 35.7 Å². The molecule has 1 N–H and O–H groups in total. The molecule has 6 nitrogen and oxygen atoms in total. The molecule has 1 atom stereocenters. The first-order chi connectivity index (χ1) is 16.2. The normalized spacial score (nSPS) is 18.7. The zero-order chi connectivity index (χ0) is 22.6. The van der Waals surface area contributed by atoms with Crippen LogP contribution in [0.4, 0.5) is 0 Å². The number of carbonyl (C=O) groups excluding carboxylic acids is 1. The number of nitrogens with one attached hydrogen (secondary N) is 1. The highest BCUT2D eigenvalue weighted by Crippen LogP contribution is 2.26. The van der Waals surface area contributed by atoms with Crippen molar-refractivity contribution in [1.29, 1.82) is 0 Å². The molecule has 1 unspecified atom stereocenters. The van der Waals surface area contributed by atoms with E-state index in [0.717, 1.165) is 74.4 Å². The number of benzene rings is 1. The van der Waals surface area contributed by atoms with Gasteiger partial charge in [-0.05, 0) is 32.1 Å². The molecule has 1 amide bonds. The van der Waals surface area contributed by atoms with E-state index in [1.54, 1.807) is 11.3 Å². The van der Waals surface area contributed by atoms with Crippen molar-refractivity contribution >= 4 is 17.2 Å². The van der Waals surface area contributed by atoms with E-state index >= 15 is 0 Å². The number of aromatic nitrogens is 3. The van der Waals surface area contributed by atoms with Crippen LogP contribution in [-0.4, -0.2) is 51.2 Å². The van der Waals surface area contributed by atoms with Crippen molar-refractivity contribution in [3.05, 3.63) is 57.7 Å². The Labute approximate surface area is 200 Å². The summed E-state index contributed by atoms with van der Waals surface area (Å²) in [7, 11) is 1.98. The van der Waals surface area contributed by atoms with Crippen LogP contribution < -0.4 is 5.32 Å². The van der Waals surface area contributed by atoms with Crippen LogP contribution >= 0.6 is 11.3 Å². The molecule has 174 valence electrons. The Morgan fingerprint density at radius 1 is 1.15 bits per heavy atom. The lowest BCUT2D eigenvalue weighted by Gasteiger charge is -2.25. The summed E-state index contributed by atoms with van der Waals surface area (Å²) in [5.41, 5.74) is 5.32. The zero-order valence-electron chi connectivity index (χ0n) is 19.4. The van der Waals surface area contributed by atoms with Crippen LogP contribution in [-0.2, 0) is 26.3 Å². The SMILES string of the molecule is Cn1nc(C(=O)N2CCCCCC2)c2c1CCC(NCCc1nc(-c3ccccc3)cs1)C2. The summed E-state index contributed by atoms with van der Waals surface area (Å²) in [5, 5.41) is 11.7. The Morgan fingerprint density at radius 3 is 2.73 bits per heavy atom. The van der Waals surface area contributed by atoms with Gasteiger partial charge in [-0.25, -0.2) is 4.98 Å². The molecule has 1 saturated heterocycles. The molecule has 0 bridgehead atoms. The molecule has 1 aromatic carbocycles. The van der Waals surface area contributed by atoms with Gasteiger partial charge in [-0.2, -0.15) is 5.10 Å². The van der Waals surface area contributed by atoms with Gasteiger partial charge in [0.25, 0.3) is 5.91 Å². The number of thiazole rings is 1. The van der Waals surface area contributed by atoms with Crippen molar-refractivity contribution in [3.8, 4) is 11.3 Å². The Morgan fingerprint density at radius 2 is 1.94 bits per heavy atom. The third-order valence-corrected chi connectivity index (χ3v) is 7.85. The van der Waals surface area contributed by atoms with Crippen LogP contribution in [0.2, 0.25) is 0 Å². The lowest BCUT2D eigenvalue weighted by atomic mass is 9.91. The van der Waals surface area contributed by atoms with E-state index in [1.165, 1.54) is 24.1 Å². The monoisotopic (exact) mass is 463 g/mol. The summed E-state index contributed by atoms with van der Waals surface area (Å²) in [6, 6.07) is 10.7. The molecule has 5 rings (SSSR count). The first-order valence-electron chi connectivity index (χ1n) is 12.3. The highest BCUT2D eigenvalue weighted by Gasteiger charge is 2.30. The maximum Gasteiger partial charge on any atom is 0.274 e. The lowest BCUT2D eigenvalue weighted by Crippen LogP contribution is -2.37. The van der Waals surface area contributed by atoms with Crippen molar-refractivity contribution in [3.63, 3.8) is 0 Å². The van der Waals surface area contributed by atoms with Gasteiger partial charge >= 0.3 is 0 Å². The Kier molecular flexibility index (Phi) is 6.88. The van der Waals surface area contributed by atoms with Crippen LogP contribution in [0.1, 0.15) is 58.9 Å². The van der Waals surface area contributed by atoms with Gasteiger partial charge in [-0.3, -0.25) is 9.48 Å². The average Bonchev–Trinajstić information content (AvgIpc) is 3.33. The number of amides is 1. The first-order valence-corrected chi connectivity index (χ1v) is 13.1. The van der Waals surface area contributed by atoms with Gasteiger partial charge < -0.3 is 10.2 Å². The quantitative estimate of drug-likeness (QED) is 0.594. The molecular weight excluding hydrogens is 430 g/mol. The third-order valence-electron chi connectivity index (χ3n) is 6.94. The third kappa shape index (κ3) is 5.04. The standard InChI is InChI=1S/C26H33N5OS/c1-30-23-12-11-20(17-21(23)25(29-30)26(32)31-15-7-2-3-8-16-31)27-14-13-24-28-22(18-33-24)19-9-5-4-6-10-19/h4-6,9-10,18,20,27H,2-3,7-8,11-17H2,1H3. The van der Waals surface area contributed by atoms with Gasteiger partial charge in [-0.15, -0.1) is 11.3 Å². The second-order valence-corrected chi connectivity index (χ2v) is 10.2. The van der Waals surface area contributed by atoms with Gasteiger partial charge in [0.1, 0.15) is 0 Å². The van der Waals surface area contributed by atoms with E-state index in [2.05, 4.69) is 40.1 Å². The van der Waals surface area contributed by atoms with Gasteiger partial charge in [0.2, 0.25) is 0 Å². The van der Waals surface area contributed by atoms with Crippen LogP contribution in [0.25, 0.3) is 11.3 Å². The number of fused-ring (bicyclic) bond motifs is 1. The maximum atomic E-state index is 13.3. The first kappa shape index (κ1) is 22.3. The summed E-state index contributed by atoms with van der Waals surface area (Å²) in [5.74, 6) is 0.130. The maximum absolute atomic E-state index is 13.3. The van der Waals surface area contributed by atoms with Gasteiger partial charge in [0.15, 0.2) is 5.69 Å². The van der Waals surface area contributed by atoms with Crippen LogP contribution in [0, 0.1) is 0 Å². The molecule has 2 aromatic heterocycles. The fourth-order valence-corrected chi connectivity index (χ4v) is 5.92. The van der Waals surface area contributed by atoms with Gasteiger partial charge in [0, 0.05) is 61.3 Å². The fraction of sp³-hybridized carbons (Fsp3) is 0.500. The molecule has 0 saturated carbocycles. The van der Waals surface area contributed by atoms with Crippen LogP contribution in [0.5, 0.6) is 0 Å². The van der Waals surface area contributed by atoms with E-state index < -0.39 is 0 Å². The topological polar surface area (TPSA) is 63.1 Å². The molecule has 1 aliphatic heterocycles. The Balaban J connectivity index is 1.20. The largest absolute Gasteiger partial charge is 0.337 e. The predicted octanol–water partition coefficient (Wildman–Crippen LogP) is 4.25. The predicted molar refractivity (Wildman–Crippen MR) is 133 cm³/mol. The number of hydrogen-bond acceptors (Lipinski definition) is 5. The average molecular weight is 464 g/mol. The minimum atomic E-state index is 0.130. The second-order valence-electron chi connectivity index (χ2n) is 9.24. The van der Waals surface area contributed by atoms with Gasteiger partial charge in [0.05, 0.1) is 10.7 Å². The number of aryl methyl sites for hydroxylation is 1. The zero-order valence-corrected chi connectivity index (χ0v) is 20.2. The Hall–Kier alpha value is -2.51. The Bertz CT molecular complexity index is 1080. The molecule has 1 aliphatic carbocycles. The molecule has 1 fully saturated rings. The summed E-state index contributed by atoms with van der Waals surface area (Å²) in [4.78, 5) is 20.1. The molecule has 2 aliphatic rings. The summed E-state index contributed by atoms with van der Waals surface area (Å²) in [6.07, 6.45) is 8.51. The van der Waals surface area contributed by atoms with Crippen molar-refractivity contribution in [1.82, 2.24) is 25.0 Å². The van der Waals surface area contributed by atoms with Crippen molar-refractivity contribution in [2.45, 2.75) is 57.4 Å². The summed E-state index contributed by atoms with van der Waals surface area (Å²) in [6.45, 7) is 2.63. The van der Waals surface area contributed by atoms with Crippen molar-refractivity contribution < 1.29 is 4.79 Å². The molecule has 33 heavy (non-hydrogen) atoms. The molecule has 3 heterocycles. The highest BCUT2D eigenvalue weighted by molar-refractivity contribution is 7.09. The lowest BCUT2D eigenvalue weighted by molar-refractivity contribution is 0.0753. The molecular formula is C26H33N5OS. The van der Waals surface area contributed by atoms with Crippen LogP contribution in [0.3, 0.4) is 0 Å². The molecule has 7 heteroatoms. The minimum Gasteiger partial charge on any atom is -0.337 e.